The Labute approximate surface area is 175 Å². The van der Waals surface area contributed by atoms with Gasteiger partial charge in [-0.3, -0.25) is 0 Å². The van der Waals surface area contributed by atoms with E-state index in [0.29, 0.717) is 16.3 Å². The van der Waals surface area contributed by atoms with Crippen LogP contribution in [-0.4, -0.2) is 23.2 Å². The number of pyridine rings is 1. The van der Waals surface area contributed by atoms with Crippen LogP contribution < -0.4 is 14.8 Å². The van der Waals surface area contributed by atoms with Gasteiger partial charge in [0.2, 0.25) is 0 Å². The smallest absolute Gasteiger partial charge is 0.348 e. The summed E-state index contributed by atoms with van der Waals surface area (Å²) < 4.78 is 6.68. The Morgan fingerprint density at radius 2 is 1.93 bits per heavy atom. The highest BCUT2D eigenvalue weighted by molar-refractivity contribution is 7.15. The molecule has 1 fully saturated rings. The molecule has 2 heterocycles. The number of ether oxygens (including phenoxy) is 1. The standard InChI is InChI=1S/C22H26N2O4S/c1-22(2,3)11-8-18-14-19(20(29-18)21(25)26)23-15-4-6-16(7-5-15)28-17-9-12-24(27)13-10-17/h9-10,12-16,23H,4-7H2,1-3H3,(H,25,26)/t15-,16-. The second kappa shape index (κ2) is 8.75. The van der Waals surface area contributed by atoms with Crippen molar-refractivity contribution in [3.05, 3.63) is 45.6 Å². The van der Waals surface area contributed by atoms with Gasteiger partial charge in [0.05, 0.1) is 16.7 Å². The van der Waals surface area contributed by atoms with E-state index in [9.17, 15) is 15.1 Å². The first-order chi connectivity index (χ1) is 13.7. The molecule has 0 saturated heterocycles. The average Bonchev–Trinajstić information content (AvgIpc) is 3.06. The summed E-state index contributed by atoms with van der Waals surface area (Å²) in [6, 6.07) is 5.38. The van der Waals surface area contributed by atoms with Crippen LogP contribution in [0.5, 0.6) is 5.75 Å². The molecule has 3 rings (SSSR count). The van der Waals surface area contributed by atoms with Crippen molar-refractivity contribution in [3.8, 4) is 17.6 Å². The SMILES string of the molecule is CC(C)(C)C#Cc1cc(N[C@H]2CC[C@H](Oc3cc[n+]([O-])cc3)CC2)c(C(=O)O)s1. The third-order valence-corrected chi connectivity index (χ3v) is 5.63. The molecule has 154 valence electrons. The Morgan fingerprint density at radius 1 is 1.28 bits per heavy atom. The van der Waals surface area contributed by atoms with Gasteiger partial charge in [-0.25, -0.2) is 4.79 Å². The normalized spacial score (nSPS) is 19.1. The van der Waals surface area contributed by atoms with Crippen molar-refractivity contribution in [2.24, 2.45) is 5.41 Å². The molecule has 1 saturated carbocycles. The molecular weight excluding hydrogens is 388 g/mol. The molecular formula is C22H26N2O4S. The summed E-state index contributed by atoms with van der Waals surface area (Å²) >= 11 is 1.21. The minimum atomic E-state index is -0.932. The fourth-order valence-corrected chi connectivity index (χ4v) is 4.00. The van der Waals surface area contributed by atoms with E-state index in [2.05, 4.69) is 17.2 Å². The first-order valence-corrected chi connectivity index (χ1v) is 10.5. The highest BCUT2D eigenvalue weighted by Gasteiger charge is 2.25. The Balaban J connectivity index is 1.60. The van der Waals surface area contributed by atoms with Crippen molar-refractivity contribution in [3.63, 3.8) is 0 Å². The summed E-state index contributed by atoms with van der Waals surface area (Å²) in [7, 11) is 0. The van der Waals surface area contributed by atoms with Crippen molar-refractivity contribution in [2.45, 2.75) is 58.6 Å². The van der Waals surface area contributed by atoms with Gasteiger partial charge >= 0.3 is 5.97 Å². The summed E-state index contributed by atoms with van der Waals surface area (Å²) in [6.45, 7) is 6.08. The highest BCUT2D eigenvalue weighted by Crippen LogP contribution is 2.31. The number of carboxylic acids is 1. The third-order valence-electron chi connectivity index (χ3n) is 4.60. The molecule has 1 aliphatic carbocycles. The van der Waals surface area contributed by atoms with Crippen molar-refractivity contribution in [2.75, 3.05) is 5.32 Å². The molecule has 0 amide bonds. The lowest BCUT2D eigenvalue weighted by atomic mass is 9.92. The lowest BCUT2D eigenvalue weighted by molar-refractivity contribution is -0.605. The van der Waals surface area contributed by atoms with Gasteiger partial charge < -0.3 is 20.4 Å². The second-order valence-corrected chi connectivity index (χ2v) is 9.34. The van der Waals surface area contributed by atoms with Gasteiger partial charge in [-0.1, -0.05) is 11.8 Å². The molecule has 0 bridgehead atoms. The molecule has 1 aliphatic rings. The zero-order chi connectivity index (χ0) is 21.0. The van der Waals surface area contributed by atoms with Gasteiger partial charge in [0, 0.05) is 23.6 Å². The Kier molecular flexibility index (Phi) is 6.33. The summed E-state index contributed by atoms with van der Waals surface area (Å²) in [5.41, 5.74) is 0.514. The van der Waals surface area contributed by atoms with Crippen LogP contribution in [0.4, 0.5) is 5.69 Å². The van der Waals surface area contributed by atoms with Crippen LogP contribution in [0.1, 0.15) is 61.0 Å². The van der Waals surface area contributed by atoms with Crippen LogP contribution in [0, 0.1) is 22.5 Å². The topological polar surface area (TPSA) is 85.5 Å². The minimum Gasteiger partial charge on any atom is -0.619 e. The van der Waals surface area contributed by atoms with Crippen molar-refractivity contribution in [1.82, 2.24) is 0 Å². The van der Waals surface area contributed by atoms with E-state index in [1.54, 1.807) is 12.1 Å². The maximum Gasteiger partial charge on any atom is 0.348 e. The zero-order valence-corrected chi connectivity index (χ0v) is 17.7. The van der Waals surface area contributed by atoms with E-state index in [0.717, 1.165) is 35.3 Å². The third kappa shape index (κ3) is 6.13. The molecule has 0 aromatic carbocycles. The molecule has 0 atom stereocenters. The summed E-state index contributed by atoms with van der Waals surface area (Å²) in [6.07, 6.45) is 6.46. The van der Waals surface area contributed by atoms with E-state index in [4.69, 9.17) is 4.74 Å². The van der Waals surface area contributed by atoms with Crippen molar-refractivity contribution >= 4 is 23.0 Å². The monoisotopic (exact) mass is 414 g/mol. The van der Waals surface area contributed by atoms with Crippen LogP contribution in [0.3, 0.4) is 0 Å². The van der Waals surface area contributed by atoms with Gasteiger partial charge in [-0.15, -0.1) is 11.3 Å². The number of aromatic carboxylic acids is 1. The Hall–Kier alpha value is -2.72. The molecule has 29 heavy (non-hydrogen) atoms. The summed E-state index contributed by atoms with van der Waals surface area (Å²) in [5.74, 6) is 6.02. The van der Waals surface area contributed by atoms with E-state index < -0.39 is 5.97 Å². The van der Waals surface area contributed by atoms with Gasteiger partial charge in [-0.05, 0) is 52.5 Å². The van der Waals surface area contributed by atoms with Crippen LogP contribution in [-0.2, 0) is 0 Å². The van der Waals surface area contributed by atoms with Crippen LogP contribution in [0.2, 0.25) is 0 Å². The largest absolute Gasteiger partial charge is 0.619 e. The Bertz CT molecular complexity index is 911. The number of aromatic nitrogens is 1. The quantitative estimate of drug-likeness (QED) is 0.433. The first-order valence-electron chi connectivity index (χ1n) is 9.72. The molecule has 6 nitrogen and oxygen atoms in total. The van der Waals surface area contributed by atoms with Gasteiger partial charge in [-0.2, -0.15) is 4.73 Å². The maximum atomic E-state index is 11.6. The molecule has 2 aromatic rings. The van der Waals surface area contributed by atoms with Crippen LogP contribution >= 0.6 is 11.3 Å². The fraction of sp³-hybridized carbons (Fsp3) is 0.455. The van der Waals surface area contributed by atoms with Gasteiger partial charge in [0.1, 0.15) is 10.6 Å². The molecule has 2 aromatic heterocycles. The number of thiophene rings is 1. The highest BCUT2D eigenvalue weighted by atomic mass is 32.1. The molecule has 0 spiro atoms. The molecule has 0 radical (unpaired) electrons. The van der Waals surface area contributed by atoms with Crippen molar-refractivity contribution in [1.29, 1.82) is 0 Å². The molecule has 0 unspecified atom stereocenters. The number of hydrogen-bond acceptors (Lipinski definition) is 5. The number of rotatable bonds is 5. The second-order valence-electron chi connectivity index (χ2n) is 8.29. The fourth-order valence-electron chi connectivity index (χ4n) is 3.18. The number of anilines is 1. The minimum absolute atomic E-state index is 0.102. The van der Waals surface area contributed by atoms with E-state index >= 15 is 0 Å². The molecule has 0 aliphatic heterocycles. The van der Waals surface area contributed by atoms with Crippen LogP contribution in [0.15, 0.2) is 30.6 Å². The van der Waals surface area contributed by atoms with E-state index in [-0.39, 0.29) is 17.6 Å². The lowest BCUT2D eigenvalue weighted by Gasteiger charge is -2.30. The summed E-state index contributed by atoms with van der Waals surface area (Å²) in [5, 5.41) is 24.0. The lowest BCUT2D eigenvalue weighted by Crippen LogP contribution is -2.31. The number of carboxylic acid groups (broad SMARTS) is 1. The zero-order valence-electron chi connectivity index (χ0n) is 16.9. The first kappa shape index (κ1) is 21.0. The van der Waals surface area contributed by atoms with E-state index in [1.807, 2.05) is 26.8 Å². The maximum absolute atomic E-state index is 11.6. The predicted molar refractivity (Wildman–Crippen MR) is 113 cm³/mol. The predicted octanol–water partition coefficient (Wildman–Crippen LogP) is 4.28. The number of nitrogens with zero attached hydrogens (tertiary/aromatic N) is 1. The number of nitrogens with one attached hydrogen (secondary N) is 1. The average molecular weight is 415 g/mol. The molecule has 7 heteroatoms. The van der Waals surface area contributed by atoms with Crippen molar-refractivity contribution < 1.29 is 19.4 Å². The van der Waals surface area contributed by atoms with E-state index in [1.165, 1.54) is 23.7 Å². The number of carbonyl (C=O) groups is 1. The summed E-state index contributed by atoms with van der Waals surface area (Å²) in [4.78, 5) is 12.7. The van der Waals surface area contributed by atoms with Gasteiger partial charge in [0.15, 0.2) is 12.4 Å². The van der Waals surface area contributed by atoms with Crippen LogP contribution in [0.25, 0.3) is 0 Å². The Morgan fingerprint density at radius 3 is 2.52 bits per heavy atom. The van der Waals surface area contributed by atoms with Gasteiger partial charge in [0.25, 0.3) is 0 Å². The molecule has 2 N–H and O–H groups in total. The number of hydrogen-bond donors (Lipinski definition) is 2.